The molecule has 5 heteroatoms. The largest absolute Gasteiger partial charge is 0.291 e. The van der Waals surface area contributed by atoms with Crippen LogP contribution >= 0.6 is 0 Å². The van der Waals surface area contributed by atoms with Gasteiger partial charge in [-0.2, -0.15) is 4.91 Å². The van der Waals surface area contributed by atoms with Crippen molar-refractivity contribution in [3.63, 3.8) is 0 Å². The lowest BCUT2D eigenvalue weighted by atomic mass is 10.0. The number of amides is 1. The summed E-state index contributed by atoms with van der Waals surface area (Å²) in [6.45, 7) is 2.90. The maximum atomic E-state index is 10.4. The summed E-state index contributed by atoms with van der Waals surface area (Å²) in [4.78, 5) is 29.9. The number of nitrogens with zero attached hydrogens (tertiary/aromatic N) is 2. The second-order valence-corrected chi connectivity index (χ2v) is 2.06. The van der Waals surface area contributed by atoms with E-state index in [2.05, 4.69) is 10.4 Å². The third kappa shape index (κ3) is 2.00. The molecule has 0 fully saturated rings. The van der Waals surface area contributed by atoms with Crippen molar-refractivity contribution in [3.05, 3.63) is 9.81 Å². The Hall–Kier alpha value is -1.13. The van der Waals surface area contributed by atoms with Gasteiger partial charge in [-0.1, -0.05) is 12.1 Å². The first-order chi connectivity index (χ1) is 4.63. The second kappa shape index (κ2) is 3.81. The molecule has 10 heavy (non-hydrogen) atoms. The summed E-state index contributed by atoms with van der Waals surface area (Å²) in [5, 5.41) is 4.76. The maximum Gasteiger partial charge on any atom is 0.291 e. The molecule has 0 heterocycles. The smallest absolute Gasteiger partial charge is 0.269 e. The van der Waals surface area contributed by atoms with Crippen LogP contribution in [0.15, 0.2) is 10.4 Å². The van der Waals surface area contributed by atoms with Gasteiger partial charge in [-0.3, -0.25) is 4.79 Å². The number of carbonyl (C=O) groups is 1. The minimum atomic E-state index is -0.827. The van der Waals surface area contributed by atoms with Gasteiger partial charge in [0.15, 0.2) is 0 Å². The molecule has 56 valence electrons. The van der Waals surface area contributed by atoms with Crippen LogP contribution in [-0.4, -0.2) is 11.9 Å². The molecule has 2 unspecified atom stereocenters. The Kier molecular flexibility index (Phi) is 3.38. The summed E-state index contributed by atoms with van der Waals surface area (Å²) in [5.74, 6) is -1.53. The molecule has 0 saturated heterocycles. The van der Waals surface area contributed by atoms with Crippen molar-refractivity contribution in [2.75, 3.05) is 0 Å². The van der Waals surface area contributed by atoms with E-state index in [1.54, 1.807) is 0 Å². The van der Waals surface area contributed by atoms with Crippen LogP contribution in [0.1, 0.15) is 13.8 Å². The molecule has 0 aliphatic heterocycles. The first kappa shape index (κ1) is 8.87. The van der Waals surface area contributed by atoms with Crippen molar-refractivity contribution >= 4 is 5.91 Å². The monoisotopic (exact) mass is 144 g/mol. The first-order valence-electron chi connectivity index (χ1n) is 2.83. The predicted octanol–water partition coefficient (Wildman–Crippen LogP) is 1.07. The molecular formula is C5H8N2O3. The van der Waals surface area contributed by atoms with Crippen molar-refractivity contribution in [1.29, 1.82) is 0 Å². The second-order valence-electron chi connectivity index (χ2n) is 2.06. The van der Waals surface area contributed by atoms with Gasteiger partial charge in [0, 0.05) is 5.18 Å². The fraction of sp³-hybridized carbons (Fsp3) is 0.800. The lowest BCUT2D eigenvalue weighted by molar-refractivity contribution is -0.121. The predicted molar refractivity (Wildman–Crippen MR) is 35.2 cm³/mol. The van der Waals surface area contributed by atoms with Gasteiger partial charge in [-0.05, 0) is 6.92 Å². The summed E-state index contributed by atoms with van der Waals surface area (Å²) in [6.07, 6.45) is 0. The lowest BCUT2D eigenvalue weighted by Crippen LogP contribution is -2.19. The lowest BCUT2D eigenvalue weighted by Gasteiger charge is -2.04. The molecule has 0 aromatic carbocycles. The summed E-state index contributed by atoms with van der Waals surface area (Å²) < 4.78 is 0. The van der Waals surface area contributed by atoms with Crippen molar-refractivity contribution in [3.8, 4) is 0 Å². The van der Waals surface area contributed by atoms with E-state index in [0.29, 0.717) is 0 Å². The molecule has 0 bridgehead atoms. The number of rotatable bonds is 3. The van der Waals surface area contributed by atoms with E-state index in [4.69, 9.17) is 0 Å². The van der Waals surface area contributed by atoms with Crippen molar-refractivity contribution in [2.24, 2.45) is 16.3 Å². The minimum absolute atomic E-state index is 0.676. The van der Waals surface area contributed by atoms with Gasteiger partial charge in [-0.15, -0.1) is 4.91 Å². The van der Waals surface area contributed by atoms with Crippen LogP contribution in [0.4, 0.5) is 0 Å². The number of nitroso groups, excluding NO2 is 2. The van der Waals surface area contributed by atoms with Crippen molar-refractivity contribution in [2.45, 2.75) is 19.9 Å². The average molecular weight is 144 g/mol. The van der Waals surface area contributed by atoms with Gasteiger partial charge in [0.1, 0.15) is 6.04 Å². The van der Waals surface area contributed by atoms with Crippen LogP contribution in [0, 0.1) is 15.7 Å². The quantitative estimate of drug-likeness (QED) is 0.556. The van der Waals surface area contributed by atoms with Gasteiger partial charge in [0.25, 0.3) is 5.91 Å². The molecule has 0 rings (SSSR count). The Labute approximate surface area is 57.8 Å². The molecular weight excluding hydrogens is 136 g/mol. The van der Waals surface area contributed by atoms with Crippen LogP contribution in [0.5, 0.6) is 0 Å². The van der Waals surface area contributed by atoms with Crippen molar-refractivity contribution in [1.82, 2.24) is 0 Å². The highest BCUT2D eigenvalue weighted by Gasteiger charge is 2.20. The highest BCUT2D eigenvalue weighted by atomic mass is 16.3. The zero-order valence-corrected chi connectivity index (χ0v) is 5.77. The summed E-state index contributed by atoms with van der Waals surface area (Å²) >= 11 is 0. The van der Waals surface area contributed by atoms with Gasteiger partial charge in [-0.25, -0.2) is 0 Å². The van der Waals surface area contributed by atoms with E-state index in [1.165, 1.54) is 13.8 Å². The average Bonchev–Trinajstić information content (AvgIpc) is 2.00. The molecule has 2 atom stereocenters. The van der Waals surface area contributed by atoms with Gasteiger partial charge in [0.05, 0.1) is 5.92 Å². The molecule has 0 N–H and O–H groups in total. The summed E-state index contributed by atoms with van der Waals surface area (Å²) in [6, 6.07) is -0.676. The van der Waals surface area contributed by atoms with Crippen molar-refractivity contribution < 1.29 is 4.79 Å². The van der Waals surface area contributed by atoms with Gasteiger partial charge in [0.2, 0.25) is 0 Å². The number of hydrogen-bond acceptors (Lipinski definition) is 4. The molecule has 1 amide bonds. The van der Waals surface area contributed by atoms with Crippen LogP contribution in [-0.2, 0) is 4.79 Å². The van der Waals surface area contributed by atoms with E-state index >= 15 is 0 Å². The van der Waals surface area contributed by atoms with Crippen LogP contribution in [0.3, 0.4) is 0 Å². The zero-order chi connectivity index (χ0) is 8.15. The SMILES string of the molecule is CC(N=O)C(C)C(=O)N=O. The van der Waals surface area contributed by atoms with E-state index in [0.717, 1.165) is 0 Å². The molecule has 0 saturated carbocycles. The van der Waals surface area contributed by atoms with E-state index in [9.17, 15) is 14.6 Å². The fourth-order valence-electron chi connectivity index (χ4n) is 0.381. The Morgan fingerprint density at radius 2 is 1.80 bits per heavy atom. The number of hydrogen-bond donors (Lipinski definition) is 0. The summed E-state index contributed by atoms with van der Waals surface area (Å²) in [7, 11) is 0. The number of carbonyl (C=O) groups excluding carboxylic acids is 1. The van der Waals surface area contributed by atoms with Crippen LogP contribution in [0.25, 0.3) is 0 Å². The Bertz CT molecular complexity index is 157. The summed E-state index contributed by atoms with van der Waals surface area (Å²) in [5.41, 5.74) is 0. The van der Waals surface area contributed by atoms with E-state index in [1.807, 2.05) is 0 Å². The van der Waals surface area contributed by atoms with E-state index in [-0.39, 0.29) is 0 Å². The fourth-order valence-corrected chi connectivity index (χ4v) is 0.381. The molecule has 0 aromatic rings. The highest BCUT2D eigenvalue weighted by molar-refractivity contribution is 5.79. The first-order valence-corrected chi connectivity index (χ1v) is 2.83. The van der Waals surface area contributed by atoms with Gasteiger partial charge < -0.3 is 0 Å². The molecule has 0 aliphatic carbocycles. The maximum absolute atomic E-state index is 10.4. The van der Waals surface area contributed by atoms with E-state index < -0.39 is 17.9 Å². The molecule has 0 aliphatic rings. The molecule has 0 radical (unpaired) electrons. The molecule has 5 nitrogen and oxygen atoms in total. The topological polar surface area (TPSA) is 75.9 Å². The standard InChI is InChI=1S/C5H8N2O3/c1-3(4(2)6-9)5(8)7-10/h3-4H,1-2H3. The highest BCUT2D eigenvalue weighted by Crippen LogP contribution is 2.07. The van der Waals surface area contributed by atoms with Crippen LogP contribution < -0.4 is 0 Å². The zero-order valence-electron chi connectivity index (χ0n) is 5.77. The normalized spacial score (nSPS) is 15.4. The Balaban J connectivity index is 4.05. The van der Waals surface area contributed by atoms with Gasteiger partial charge >= 0.3 is 0 Å². The third-order valence-corrected chi connectivity index (χ3v) is 1.37. The Morgan fingerprint density at radius 3 is 2.10 bits per heavy atom. The molecule has 0 aromatic heterocycles. The third-order valence-electron chi connectivity index (χ3n) is 1.37. The minimum Gasteiger partial charge on any atom is -0.269 e. The molecule has 0 spiro atoms. The van der Waals surface area contributed by atoms with Crippen LogP contribution in [0.2, 0.25) is 0 Å². The Morgan fingerprint density at radius 1 is 1.30 bits per heavy atom.